The van der Waals surface area contributed by atoms with Crippen LogP contribution in [0.4, 0.5) is 4.39 Å². The molecule has 31 heavy (non-hydrogen) atoms. The van der Waals surface area contributed by atoms with Gasteiger partial charge in [-0.15, -0.1) is 0 Å². The van der Waals surface area contributed by atoms with E-state index in [1.165, 1.54) is 37.1 Å². The van der Waals surface area contributed by atoms with E-state index in [9.17, 15) is 14.0 Å². The van der Waals surface area contributed by atoms with Crippen molar-refractivity contribution in [1.29, 1.82) is 0 Å². The van der Waals surface area contributed by atoms with Crippen LogP contribution in [0.5, 0.6) is 0 Å². The molecule has 2 aliphatic heterocycles. The number of amides is 2. The fourth-order valence-electron chi connectivity index (χ4n) is 5.15. The lowest BCUT2D eigenvalue weighted by molar-refractivity contribution is -0.136. The lowest BCUT2D eigenvalue weighted by Gasteiger charge is -2.28. The fraction of sp³-hybridized carbons (Fsp3) is 0.542. The van der Waals surface area contributed by atoms with Crippen molar-refractivity contribution in [3.05, 3.63) is 53.9 Å². The molecule has 1 saturated carbocycles. The van der Waals surface area contributed by atoms with Crippen LogP contribution in [0, 0.1) is 17.2 Å². The number of carbonyl (C=O) groups excluding carboxylic acids is 2. The van der Waals surface area contributed by atoms with Gasteiger partial charge in [-0.3, -0.25) is 9.59 Å². The zero-order valence-electron chi connectivity index (χ0n) is 18.1. The molecule has 5 rings (SSSR count). The van der Waals surface area contributed by atoms with Gasteiger partial charge in [-0.1, -0.05) is 0 Å². The Labute approximate surface area is 182 Å². The van der Waals surface area contributed by atoms with Crippen LogP contribution in [-0.2, 0) is 4.79 Å². The average molecular weight is 425 g/mol. The molecule has 2 atom stereocenters. The third-order valence-corrected chi connectivity index (χ3v) is 7.21. The second kappa shape index (κ2) is 7.46. The summed E-state index contributed by atoms with van der Waals surface area (Å²) in [6.07, 6.45) is 6.99. The minimum absolute atomic E-state index is 0.131. The molecule has 1 aromatic carbocycles. The maximum atomic E-state index is 13.7. The SMILES string of the molecule is CC(C)n1cnc(C2CN(C(=O)c3ccc(F)cc3)CC23CCN(CC2CC2)C3=O)c1. The number of rotatable bonds is 5. The van der Waals surface area contributed by atoms with Crippen molar-refractivity contribution in [2.24, 2.45) is 11.3 Å². The summed E-state index contributed by atoms with van der Waals surface area (Å²) in [5, 5.41) is 0. The first-order valence-electron chi connectivity index (χ1n) is 11.2. The zero-order valence-corrected chi connectivity index (χ0v) is 18.1. The van der Waals surface area contributed by atoms with E-state index in [-0.39, 0.29) is 29.6 Å². The van der Waals surface area contributed by atoms with Gasteiger partial charge in [0.2, 0.25) is 5.91 Å². The Bertz CT molecular complexity index is 997. The van der Waals surface area contributed by atoms with Crippen molar-refractivity contribution < 1.29 is 14.0 Å². The molecule has 2 amide bonds. The summed E-state index contributed by atoms with van der Waals surface area (Å²) in [5.74, 6) is 0.148. The molecule has 1 aliphatic carbocycles. The molecule has 2 saturated heterocycles. The highest BCUT2D eigenvalue weighted by molar-refractivity contribution is 5.96. The number of hydrogen-bond acceptors (Lipinski definition) is 3. The Kier molecular flexibility index (Phi) is 4.87. The van der Waals surface area contributed by atoms with Crippen molar-refractivity contribution in [1.82, 2.24) is 19.4 Å². The lowest BCUT2D eigenvalue weighted by Crippen LogP contribution is -2.41. The number of aromatic nitrogens is 2. The van der Waals surface area contributed by atoms with E-state index in [0.717, 1.165) is 25.2 Å². The van der Waals surface area contributed by atoms with Crippen LogP contribution in [-0.4, -0.2) is 57.3 Å². The monoisotopic (exact) mass is 424 g/mol. The van der Waals surface area contributed by atoms with Gasteiger partial charge in [-0.25, -0.2) is 9.37 Å². The molecule has 6 nitrogen and oxygen atoms in total. The van der Waals surface area contributed by atoms with Gasteiger partial charge < -0.3 is 14.4 Å². The molecule has 0 bridgehead atoms. The summed E-state index contributed by atoms with van der Waals surface area (Å²) in [6, 6.07) is 5.92. The zero-order chi connectivity index (χ0) is 21.8. The van der Waals surface area contributed by atoms with Gasteiger partial charge in [0.25, 0.3) is 5.91 Å². The van der Waals surface area contributed by atoms with Gasteiger partial charge in [0.15, 0.2) is 0 Å². The van der Waals surface area contributed by atoms with Crippen LogP contribution < -0.4 is 0 Å². The van der Waals surface area contributed by atoms with Crippen LogP contribution >= 0.6 is 0 Å². The molecule has 1 aromatic heterocycles. The van der Waals surface area contributed by atoms with Crippen LogP contribution in [0.2, 0.25) is 0 Å². The van der Waals surface area contributed by atoms with Crippen molar-refractivity contribution >= 4 is 11.8 Å². The standard InChI is InChI=1S/C24H29FN4O2/c1-16(2)29-13-21(26-15-29)20-12-28(22(30)18-5-7-19(25)8-6-18)14-24(20)9-10-27(23(24)31)11-17-3-4-17/h5-8,13,15-17,20H,3-4,9-12,14H2,1-2H3. The van der Waals surface area contributed by atoms with E-state index >= 15 is 0 Å². The molecule has 3 heterocycles. The fourth-order valence-corrected chi connectivity index (χ4v) is 5.15. The Morgan fingerprint density at radius 3 is 2.65 bits per heavy atom. The van der Waals surface area contributed by atoms with E-state index in [2.05, 4.69) is 23.4 Å². The third kappa shape index (κ3) is 3.54. The van der Waals surface area contributed by atoms with E-state index < -0.39 is 5.41 Å². The molecule has 2 unspecified atom stereocenters. The second-order valence-corrected chi connectivity index (χ2v) is 9.69. The highest BCUT2D eigenvalue weighted by atomic mass is 19.1. The minimum Gasteiger partial charge on any atom is -0.342 e. The van der Waals surface area contributed by atoms with E-state index in [0.29, 0.717) is 24.6 Å². The Balaban J connectivity index is 1.46. The van der Waals surface area contributed by atoms with Gasteiger partial charge in [0.05, 0.1) is 17.4 Å². The third-order valence-electron chi connectivity index (χ3n) is 7.21. The largest absolute Gasteiger partial charge is 0.342 e. The van der Waals surface area contributed by atoms with Gasteiger partial charge in [0.1, 0.15) is 5.82 Å². The molecular weight excluding hydrogens is 395 g/mol. The van der Waals surface area contributed by atoms with E-state index in [4.69, 9.17) is 0 Å². The van der Waals surface area contributed by atoms with Crippen molar-refractivity contribution in [3.63, 3.8) is 0 Å². The Morgan fingerprint density at radius 2 is 2.00 bits per heavy atom. The molecule has 3 aliphatic rings. The first-order chi connectivity index (χ1) is 14.9. The maximum Gasteiger partial charge on any atom is 0.253 e. The molecule has 7 heteroatoms. The molecule has 3 fully saturated rings. The smallest absolute Gasteiger partial charge is 0.253 e. The van der Waals surface area contributed by atoms with Crippen molar-refractivity contribution in [2.45, 2.75) is 45.1 Å². The lowest BCUT2D eigenvalue weighted by atomic mass is 9.75. The Hall–Kier alpha value is -2.70. The van der Waals surface area contributed by atoms with Crippen LogP contribution in [0.1, 0.15) is 61.1 Å². The molecular formula is C24H29FN4O2. The normalized spacial score (nSPS) is 25.9. The minimum atomic E-state index is -0.624. The average Bonchev–Trinajstić information content (AvgIpc) is 3.17. The summed E-state index contributed by atoms with van der Waals surface area (Å²) < 4.78 is 15.4. The highest BCUT2D eigenvalue weighted by Crippen LogP contribution is 2.50. The summed E-state index contributed by atoms with van der Waals surface area (Å²) >= 11 is 0. The second-order valence-electron chi connectivity index (χ2n) is 9.69. The predicted molar refractivity (Wildman–Crippen MR) is 114 cm³/mol. The van der Waals surface area contributed by atoms with Gasteiger partial charge in [-0.05, 0) is 63.3 Å². The summed E-state index contributed by atoms with van der Waals surface area (Å²) in [4.78, 5) is 35.3. The number of nitrogens with zero attached hydrogens (tertiary/aromatic N) is 4. The molecule has 0 radical (unpaired) electrons. The first kappa shape index (κ1) is 20.2. The quantitative estimate of drug-likeness (QED) is 0.739. The number of imidazole rings is 1. The predicted octanol–water partition coefficient (Wildman–Crippen LogP) is 3.47. The number of hydrogen-bond donors (Lipinski definition) is 0. The van der Waals surface area contributed by atoms with Crippen molar-refractivity contribution in [3.8, 4) is 0 Å². The van der Waals surface area contributed by atoms with E-state index in [1.54, 1.807) is 4.90 Å². The summed E-state index contributed by atoms with van der Waals surface area (Å²) in [7, 11) is 0. The number of halogens is 1. The Morgan fingerprint density at radius 1 is 1.26 bits per heavy atom. The van der Waals surface area contributed by atoms with E-state index in [1.807, 2.05) is 17.4 Å². The topological polar surface area (TPSA) is 58.4 Å². The maximum absolute atomic E-state index is 13.7. The number of benzene rings is 1. The van der Waals surface area contributed by atoms with Crippen LogP contribution in [0.3, 0.4) is 0 Å². The molecule has 164 valence electrons. The van der Waals surface area contributed by atoms with Crippen molar-refractivity contribution in [2.75, 3.05) is 26.2 Å². The van der Waals surface area contributed by atoms with Gasteiger partial charge >= 0.3 is 0 Å². The number of carbonyl (C=O) groups is 2. The molecule has 2 aromatic rings. The number of likely N-dealkylation sites (tertiary alicyclic amines) is 2. The molecule has 0 N–H and O–H groups in total. The van der Waals surface area contributed by atoms with Crippen LogP contribution in [0.15, 0.2) is 36.8 Å². The molecule has 1 spiro atoms. The first-order valence-corrected chi connectivity index (χ1v) is 11.2. The summed E-state index contributed by atoms with van der Waals surface area (Å²) in [5.41, 5.74) is 0.704. The summed E-state index contributed by atoms with van der Waals surface area (Å²) in [6.45, 7) is 6.61. The van der Waals surface area contributed by atoms with Gasteiger partial charge in [-0.2, -0.15) is 0 Å². The van der Waals surface area contributed by atoms with Crippen LogP contribution in [0.25, 0.3) is 0 Å². The highest BCUT2D eigenvalue weighted by Gasteiger charge is 2.59. The van der Waals surface area contributed by atoms with Gasteiger partial charge in [0, 0.05) is 49.9 Å².